The third-order valence-corrected chi connectivity index (χ3v) is 11.1. The molecule has 51 heavy (non-hydrogen) atoms. The maximum atomic E-state index is 14.1. The van der Waals surface area contributed by atoms with Crippen LogP contribution in [0.15, 0.2) is 24.3 Å². The molecule has 12 nitrogen and oxygen atoms in total. The van der Waals surface area contributed by atoms with Crippen LogP contribution in [0, 0.1) is 29.6 Å². The smallest absolute Gasteiger partial charge is 0.245 e. The van der Waals surface area contributed by atoms with Crippen LogP contribution in [0.5, 0.6) is 0 Å². The van der Waals surface area contributed by atoms with Crippen LogP contribution in [0.2, 0.25) is 0 Å². The summed E-state index contributed by atoms with van der Waals surface area (Å²) in [6.45, 7) is 15.9. The Bertz CT molecular complexity index is 1190. The molecule has 0 aromatic rings. The highest BCUT2D eigenvalue weighted by Gasteiger charge is 2.43. The van der Waals surface area contributed by atoms with E-state index in [0.29, 0.717) is 19.4 Å². The van der Waals surface area contributed by atoms with Crippen molar-refractivity contribution in [2.45, 2.75) is 136 Å². The minimum atomic E-state index is -0.755. The lowest BCUT2D eigenvalue weighted by Crippen LogP contribution is -2.59. The maximum Gasteiger partial charge on any atom is 0.245 e. The molecule has 12 heteroatoms. The number of likely N-dealkylation sites (N-methyl/N-ethyl adjacent to an activating group) is 2. The van der Waals surface area contributed by atoms with Crippen molar-refractivity contribution in [2.75, 3.05) is 34.9 Å². The van der Waals surface area contributed by atoms with Gasteiger partial charge in [0.2, 0.25) is 23.6 Å². The number of rotatable bonds is 20. The molecular formula is C39H69N5O7. The predicted molar refractivity (Wildman–Crippen MR) is 201 cm³/mol. The van der Waals surface area contributed by atoms with Crippen molar-refractivity contribution in [3.05, 3.63) is 24.3 Å². The number of carbonyl (C=O) groups excluding carboxylic acids is 4. The van der Waals surface area contributed by atoms with E-state index in [1.807, 2.05) is 65.8 Å². The lowest BCUT2D eigenvalue weighted by Gasteiger charge is -2.41. The summed E-state index contributed by atoms with van der Waals surface area (Å²) in [5, 5.41) is 19.9. The summed E-state index contributed by atoms with van der Waals surface area (Å²) in [5.41, 5.74) is 0. The number of nitrogens with one attached hydrogen (secondary N) is 3. The van der Waals surface area contributed by atoms with Gasteiger partial charge >= 0.3 is 0 Å². The number of methoxy groups -OCH3 is 2. The van der Waals surface area contributed by atoms with E-state index < -0.39 is 48.4 Å². The zero-order valence-electron chi connectivity index (χ0n) is 33.3. The average Bonchev–Trinajstić information content (AvgIpc) is 3.59. The van der Waals surface area contributed by atoms with Crippen LogP contribution in [0.4, 0.5) is 0 Å². The van der Waals surface area contributed by atoms with Gasteiger partial charge in [-0.2, -0.15) is 0 Å². The van der Waals surface area contributed by atoms with E-state index in [2.05, 4.69) is 16.0 Å². The van der Waals surface area contributed by atoms with Gasteiger partial charge in [0.1, 0.15) is 6.04 Å². The molecule has 0 aromatic carbocycles. The highest BCUT2D eigenvalue weighted by Crippen LogP contribution is 2.30. The standard InChI is InChI=1S/C39H69N5O7/c1-13-25(6)34(43(10)39(49)33(24(4)5)42-38(48)32(40-9)23(2)3)30(50-11)22-31(45)44-21-17-20-29(44)36(51-12)26(7)37(47)41-27(8)35(46)28-18-15-14-16-19-28/h14-16,18,23-30,32-36,40,46H,13,17,19-22H2,1-12H3,(H,41,47)(H,42,48)/t25-,26+,27+,28?,29-,30+,32-,33-,34-,35+,36+/m0/s1. The zero-order chi connectivity index (χ0) is 38.6. The fourth-order valence-electron chi connectivity index (χ4n) is 7.71. The Labute approximate surface area is 307 Å². The van der Waals surface area contributed by atoms with Gasteiger partial charge in [-0.15, -0.1) is 0 Å². The zero-order valence-corrected chi connectivity index (χ0v) is 33.3. The number of hydrogen-bond acceptors (Lipinski definition) is 8. The molecule has 0 saturated carbocycles. The van der Waals surface area contributed by atoms with Crippen molar-refractivity contribution in [3.8, 4) is 0 Å². The predicted octanol–water partition coefficient (Wildman–Crippen LogP) is 3.29. The molecule has 0 spiro atoms. The van der Waals surface area contributed by atoms with Gasteiger partial charge in [0.05, 0.1) is 54.8 Å². The van der Waals surface area contributed by atoms with Gasteiger partial charge in [0, 0.05) is 33.7 Å². The number of amides is 4. The first-order valence-corrected chi connectivity index (χ1v) is 19.0. The Morgan fingerprint density at radius 2 is 1.59 bits per heavy atom. The third-order valence-electron chi connectivity index (χ3n) is 11.1. The molecule has 1 unspecified atom stereocenters. The van der Waals surface area contributed by atoms with E-state index in [1.165, 1.54) is 0 Å². The van der Waals surface area contributed by atoms with Crippen molar-refractivity contribution in [1.29, 1.82) is 0 Å². The van der Waals surface area contributed by atoms with Crippen molar-refractivity contribution >= 4 is 23.6 Å². The molecule has 1 aliphatic carbocycles. The molecule has 11 atom stereocenters. The summed E-state index contributed by atoms with van der Waals surface area (Å²) < 4.78 is 11.9. The molecule has 292 valence electrons. The van der Waals surface area contributed by atoms with Gasteiger partial charge in [-0.3, -0.25) is 19.2 Å². The van der Waals surface area contributed by atoms with Crippen molar-refractivity contribution < 1.29 is 33.8 Å². The van der Waals surface area contributed by atoms with E-state index in [4.69, 9.17) is 9.47 Å². The summed E-state index contributed by atoms with van der Waals surface area (Å²) in [4.78, 5) is 58.3. The highest BCUT2D eigenvalue weighted by atomic mass is 16.5. The van der Waals surface area contributed by atoms with Crippen LogP contribution in [-0.2, 0) is 28.7 Å². The average molecular weight is 720 g/mol. The number of ether oxygens (including phenoxy) is 2. The molecule has 0 bridgehead atoms. The molecule has 4 N–H and O–H groups in total. The first-order valence-electron chi connectivity index (χ1n) is 19.0. The first-order chi connectivity index (χ1) is 24.0. The number of allylic oxidation sites excluding steroid dienone is 3. The highest BCUT2D eigenvalue weighted by molar-refractivity contribution is 5.90. The minimum Gasteiger partial charge on any atom is -0.390 e. The SMILES string of the molecule is CC[C@H](C)[C@@H]([C@@H](CC(=O)N1CCC[C@H]1[C@H](OC)[C@@H](C)C(=O)N[C@H](C)[C@@H](O)C1C=CC=CC1)OC)N(C)C(=O)[C@@H](NC(=O)[C@@H](NC)C(C)C)C(C)C. The Kier molecular flexibility index (Phi) is 18.3. The second-order valence-electron chi connectivity index (χ2n) is 15.3. The van der Waals surface area contributed by atoms with E-state index >= 15 is 0 Å². The number of nitrogens with zero attached hydrogens (tertiary/aromatic N) is 2. The number of aliphatic hydroxyl groups excluding tert-OH is 1. The number of aliphatic hydroxyl groups is 1. The summed E-state index contributed by atoms with van der Waals surface area (Å²) in [6.07, 6.45) is 8.86. The number of carbonyl (C=O) groups is 4. The molecule has 2 aliphatic rings. The first kappa shape index (κ1) is 44.4. The van der Waals surface area contributed by atoms with Crippen molar-refractivity contribution in [1.82, 2.24) is 25.8 Å². The quantitative estimate of drug-likeness (QED) is 0.150. The van der Waals surface area contributed by atoms with Gasteiger partial charge in [-0.1, -0.05) is 79.2 Å². The fourth-order valence-corrected chi connectivity index (χ4v) is 7.71. The Morgan fingerprint density at radius 3 is 2.10 bits per heavy atom. The summed E-state index contributed by atoms with van der Waals surface area (Å²) in [6, 6.07) is -2.43. The topological polar surface area (TPSA) is 150 Å². The van der Waals surface area contributed by atoms with Crippen LogP contribution in [0.25, 0.3) is 0 Å². The lowest BCUT2D eigenvalue weighted by molar-refractivity contribution is -0.148. The van der Waals surface area contributed by atoms with Gasteiger partial charge < -0.3 is 40.3 Å². The second-order valence-corrected chi connectivity index (χ2v) is 15.3. The Morgan fingerprint density at radius 1 is 0.941 bits per heavy atom. The molecule has 1 heterocycles. The monoisotopic (exact) mass is 720 g/mol. The molecule has 4 amide bonds. The van der Waals surface area contributed by atoms with Crippen molar-refractivity contribution in [2.24, 2.45) is 29.6 Å². The van der Waals surface area contributed by atoms with Crippen LogP contribution in [-0.4, -0.2) is 122 Å². The van der Waals surface area contributed by atoms with Gasteiger partial charge in [0.25, 0.3) is 0 Å². The van der Waals surface area contributed by atoms with Crippen LogP contribution >= 0.6 is 0 Å². The van der Waals surface area contributed by atoms with E-state index in [0.717, 1.165) is 12.8 Å². The largest absolute Gasteiger partial charge is 0.390 e. The molecule has 1 aliphatic heterocycles. The van der Waals surface area contributed by atoms with Gasteiger partial charge in [-0.05, 0) is 51.0 Å². The molecule has 2 rings (SSSR count). The maximum absolute atomic E-state index is 14.1. The van der Waals surface area contributed by atoms with Gasteiger partial charge in [-0.25, -0.2) is 0 Å². The van der Waals surface area contributed by atoms with Crippen molar-refractivity contribution in [3.63, 3.8) is 0 Å². The summed E-state index contributed by atoms with van der Waals surface area (Å²) >= 11 is 0. The Hall–Kier alpha value is -2.80. The third kappa shape index (κ3) is 11.6. The lowest BCUT2D eigenvalue weighted by atomic mass is 9.89. The Balaban J connectivity index is 2.22. The number of hydrogen-bond donors (Lipinski definition) is 4. The van der Waals surface area contributed by atoms with E-state index in [-0.39, 0.29) is 59.8 Å². The molecule has 1 saturated heterocycles. The van der Waals surface area contributed by atoms with Crippen LogP contribution < -0.4 is 16.0 Å². The summed E-state index contributed by atoms with van der Waals surface area (Å²) in [7, 11) is 6.59. The number of likely N-dealkylation sites (tertiary alicyclic amines) is 1. The fraction of sp³-hybridized carbons (Fsp3) is 0.795. The molecule has 0 radical (unpaired) electrons. The van der Waals surface area contributed by atoms with Crippen LogP contribution in [0.1, 0.15) is 87.5 Å². The normalized spacial score (nSPS) is 22.8. The minimum absolute atomic E-state index is 0.0109. The summed E-state index contributed by atoms with van der Waals surface area (Å²) in [5.74, 6) is -1.63. The van der Waals surface area contributed by atoms with E-state index in [9.17, 15) is 24.3 Å². The second kappa shape index (κ2) is 21.0. The van der Waals surface area contributed by atoms with Gasteiger partial charge in [0.15, 0.2) is 0 Å². The van der Waals surface area contributed by atoms with Crippen LogP contribution in [0.3, 0.4) is 0 Å². The van der Waals surface area contributed by atoms with E-state index in [1.54, 1.807) is 52.0 Å². The molecule has 0 aromatic heterocycles. The molecule has 1 fully saturated rings. The molecular weight excluding hydrogens is 650 g/mol.